The lowest BCUT2D eigenvalue weighted by molar-refractivity contribution is -0.143. The number of halogens is 1. The van der Waals surface area contributed by atoms with E-state index in [2.05, 4.69) is 0 Å². The van der Waals surface area contributed by atoms with Gasteiger partial charge in [0, 0.05) is 16.3 Å². The molecule has 1 fully saturated rings. The van der Waals surface area contributed by atoms with E-state index in [1.165, 1.54) is 18.2 Å². The Bertz CT molecular complexity index is 1380. The van der Waals surface area contributed by atoms with Gasteiger partial charge in [-0.05, 0) is 48.0 Å². The lowest BCUT2D eigenvalue weighted by Crippen LogP contribution is -2.47. The van der Waals surface area contributed by atoms with E-state index in [-0.39, 0.29) is 22.8 Å². The van der Waals surface area contributed by atoms with Gasteiger partial charge in [-0.15, -0.1) is 0 Å². The number of carboxylic acids is 1. The maximum absolute atomic E-state index is 13.7. The first-order chi connectivity index (χ1) is 16.8. The van der Waals surface area contributed by atoms with E-state index >= 15 is 0 Å². The molecule has 0 aromatic heterocycles. The number of aliphatic carboxylic acids is 1. The van der Waals surface area contributed by atoms with Gasteiger partial charge in [-0.2, -0.15) is 0 Å². The van der Waals surface area contributed by atoms with Crippen LogP contribution in [0.1, 0.15) is 17.5 Å². The molecule has 3 aromatic carbocycles. The van der Waals surface area contributed by atoms with Gasteiger partial charge < -0.3 is 9.84 Å². The second kappa shape index (κ2) is 8.56. The Morgan fingerprint density at radius 2 is 1.63 bits per heavy atom. The minimum absolute atomic E-state index is 0.0620. The maximum atomic E-state index is 13.7. The number of carboxylic acid groups (broad SMARTS) is 1. The van der Waals surface area contributed by atoms with Gasteiger partial charge in [0.15, 0.2) is 5.41 Å². The summed E-state index contributed by atoms with van der Waals surface area (Å²) >= 11 is 6.15. The zero-order chi connectivity index (χ0) is 24.7. The van der Waals surface area contributed by atoms with Crippen LogP contribution in [0, 0.1) is 0 Å². The average Bonchev–Trinajstić information content (AvgIpc) is 3.20. The minimum Gasteiger partial charge on any atom is -0.480 e. The van der Waals surface area contributed by atoms with Crippen LogP contribution in [-0.4, -0.2) is 40.2 Å². The van der Waals surface area contributed by atoms with Crippen molar-refractivity contribution in [3.63, 3.8) is 0 Å². The fraction of sp³-hybridized carbons (Fsp3) is 0.154. The first-order valence-corrected chi connectivity index (χ1v) is 11.2. The Morgan fingerprint density at radius 3 is 2.37 bits per heavy atom. The molecule has 2 heterocycles. The third-order valence-corrected chi connectivity index (χ3v) is 6.39. The van der Waals surface area contributed by atoms with Crippen LogP contribution in [0.5, 0.6) is 11.5 Å². The highest BCUT2D eigenvalue weighted by atomic mass is 35.5. The minimum atomic E-state index is -1.83. The third kappa shape index (κ3) is 3.81. The van der Waals surface area contributed by atoms with Crippen LogP contribution in [0.15, 0.2) is 72.8 Å². The second-order valence-corrected chi connectivity index (χ2v) is 8.81. The van der Waals surface area contributed by atoms with Crippen molar-refractivity contribution < 1.29 is 29.0 Å². The highest BCUT2D eigenvalue weighted by Crippen LogP contribution is 2.49. The predicted octanol–water partition coefficient (Wildman–Crippen LogP) is 3.76. The zero-order valence-corrected chi connectivity index (χ0v) is 19.1. The number of ether oxygens (including phenoxy) is 1. The van der Waals surface area contributed by atoms with Crippen LogP contribution < -0.4 is 9.64 Å². The molecule has 1 unspecified atom stereocenters. The standard InChI is InChI=1S/C26H19ClN2O6/c27-17-9-10-21-20(12-17)26(24(33)28(21)15-23(31)32)13-22(30)29(25(26)34)14-16-5-4-8-19(11-16)35-18-6-2-1-3-7-18/h1-12H,13-15H2,(H,31,32). The van der Waals surface area contributed by atoms with Gasteiger partial charge in [-0.1, -0.05) is 41.9 Å². The number of likely N-dealkylation sites (tertiary alicyclic amines) is 1. The van der Waals surface area contributed by atoms with Crippen molar-refractivity contribution in [1.29, 1.82) is 0 Å². The van der Waals surface area contributed by atoms with Crippen LogP contribution in [-0.2, 0) is 31.1 Å². The van der Waals surface area contributed by atoms with Gasteiger partial charge in [-0.25, -0.2) is 0 Å². The van der Waals surface area contributed by atoms with E-state index in [9.17, 15) is 24.3 Å². The van der Waals surface area contributed by atoms with Crippen molar-refractivity contribution >= 4 is 41.0 Å². The Morgan fingerprint density at radius 1 is 0.914 bits per heavy atom. The van der Waals surface area contributed by atoms with Crippen molar-refractivity contribution in [1.82, 2.24) is 4.90 Å². The Kier molecular flexibility index (Phi) is 5.53. The van der Waals surface area contributed by atoms with Crippen molar-refractivity contribution in [2.75, 3.05) is 11.4 Å². The number of nitrogens with zero attached hydrogens (tertiary/aromatic N) is 2. The molecule has 1 saturated heterocycles. The molecule has 0 radical (unpaired) electrons. The molecule has 8 nitrogen and oxygen atoms in total. The van der Waals surface area contributed by atoms with E-state index in [1.54, 1.807) is 36.4 Å². The summed E-state index contributed by atoms with van der Waals surface area (Å²) in [5.41, 5.74) is -0.678. The number of amides is 3. The lowest BCUT2D eigenvalue weighted by Gasteiger charge is -2.22. The van der Waals surface area contributed by atoms with Gasteiger partial charge in [0.1, 0.15) is 18.0 Å². The number of hydrogen-bond donors (Lipinski definition) is 1. The molecule has 2 aliphatic rings. The number of carbonyl (C=O) groups is 4. The van der Waals surface area contributed by atoms with E-state index in [0.29, 0.717) is 17.1 Å². The molecule has 3 amide bonds. The molecule has 1 N–H and O–H groups in total. The van der Waals surface area contributed by atoms with Gasteiger partial charge in [0.05, 0.1) is 13.0 Å². The molecule has 1 spiro atoms. The fourth-order valence-electron chi connectivity index (χ4n) is 4.63. The SMILES string of the molecule is O=C(O)CN1C(=O)C2(CC(=O)N(Cc3cccc(Oc4ccccc4)c3)C2=O)c2cc(Cl)ccc21. The molecule has 1 atom stereocenters. The number of benzene rings is 3. The van der Waals surface area contributed by atoms with Gasteiger partial charge in [-0.3, -0.25) is 29.0 Å². The Labute approximate surface area is 205 Å². The molecule has 0 saturated carbocycles. The number of imide groups is 1. The molecule has 2 aliphatic heterocycles. The molecule has 5 rings (SSSR count). The summed E-state index contributed by atoms with van der Waals surface area (Å²) in [5.74, 6) is -2.02. The fourth-order valence-corrected chi connectivity index (χ4v) is 4.80. The largest absolute Gasteiger partial charge is 0.480 e. The second-order valence-electron chi connectivity index (χ2n) is 8.38. The summed E-state index contributed by atoms with van der Waals surface area (Å²) in [5, 5.41) is 9.58. The number of fused-ring (bicyclic) bond motifs is 2. The molecular weight excluding hydrogens is 472 g/mol. The Hall–Kier alpha value is -4.17. The van der Waals surface area contributed by atoms with Crippen LogP contribution in [0.25, 0.3) is 0 Å². The van der Waals surface area contributed by atoms with E-state index in [1.807, 2.05) is 18.2 Å². The topological polar surface area (TPSA) is 104 Å². The van der Waals surface area contributed by atoms with Crippen molar-refractivity contribution in [3.8, 4) is 11.5 Å². The lowest BCUT2D eigenvalue weighted by atomic mass is 9.80. The van der Waals surface area contributed by atoms with Gasteiger partial charge in [0.25, 0.3) is 0 Å². The number of carbonyl (C=O) groups excluding carboxylic acids is 3. The molecule has 35 heavy (non-hydrogen) atoms. The third-order valence-electron chi connectivity index (χ3n) is 6.16. The molecule has 0 aliphatic carbocycles. The normalized spacial score (nSPS) is 18.9. The summed E-state index contributed by atoms with van der Waals surface area (Å²) in [7, 11) is 0. The van der Waals surface area contributed by atoms with Crippen LogP contribution in [0.2, 0.25) is 5.02 Å². The molecule has 0 bridgehead atoms. The van der Waals surface area contributed by atoms with Crippen LogP contribution in [0.3, 0.4) is 0 Å². The summed E-state index contributed by atoms with van der Waals surface area (Å²) in [4.78, 5) is 53.6. The molecular formula is C26H19ClN2O6. The van der Waals surface area contributed by atoms with Gasteiger partial charge >= 0.3 is 5.97 Å². The van der Waals surface area contributed by atoms with E-state index in [0.717, 1.165) is 9.80 Å². The molecule has 3 aromatic rings. The first kappa shape index (κ1) is 22.6. The Balaban J connectivity index is 1.46. The van der Waals surface area contributed by atoms with Crippen LogP contribution >= 0.6 is 11.6 Å². The summed E-state index contributed by atoms with van der Waals surface area (Å²) in [6.07, 6.45) is -0.395. The van der Waals surface area contributed by atoms with E-state index < -0.39 is 42.1 Å². The number of hydrogen-bond acceptors (Lipinski definition) is 5. The first-order valence-electron chi connectivity index (χ1n) is 10.8. The highest BCUT2D eigenvalue weighted by Gasteiger charge is 2.63. The van der Waals surface area contributed by atoms with Crippen molar-refractivity contribution in [2.24, 2.45) is 0 Å². The number of anilines is 1. The zero-order valence-electron chi connectivity index (χ0n) is 18.3. The molecule has 176 valence electrons. The van der Waals surface area contributed by atoms with Crippen LogP contribution in [0.4, 0.5) is 5.69 Å². The summed E-state index contributed by atoms with van der Waals surface area (Å²) in [6.45, 7) is -0.691. The number of rotatable bonds is 6. The summed E-state index contributed by atoms with van der Waals surface area (Å²) < 4.78 is 5.84. The van der Waals surface area contributed by atoms with Crippen molar-refractivity contribution in [3.05, 3.63) is 88.9 Å². The van der Waals surface area contributed by atoms with Crippen molar-refractivity contribution in [2.45, 2.75) is 18.4 Å². The predicted molar refractivity (Wildman–Crippen MR) is 126 cm³/mol. The quantitative estimate of drug-likeness (QED) is 0.417. The van der Waals surface area contributed by atoms with E-state index in [4.69, 9.17) is 16.3 Å². The summed E-state index contributed by atoms with van der Waals surface area (Å²) in [6, 6.07) is 20.6. The maximum Gasteiger partial charge on any atom is 0.323 e. The monoisotopic (exact) mass is 490 g/mol. The number of para-hydroxylation sites is 1. The average molecular weight is 491 g/mol. The van der Waals surface area contributed by atoms with Gasteiger partial charge in [0.2, 0.25) is 17.7 Å². The smallest absolute Gasteiger partial charge is 0.323 e. The molecule has 9 heteroatoms. The highest BCUT2D eigenvalue weighted by molar-refractivity contribution is 6.32.